The smallest absolute Gasteiger partial charge is 0.330 e. The molecule has 0 aromatic heterocycles. The number of rotatable bonds is 8. The van der Waals surface area contributed by atoms with E-state index in [0.29, 0.717) is 29.6 Å². The van der Waals surface area contributed by atoms with Crippen LogP contribution in [0.3, 0.4) is 0 Å². The number of carbonyl (C=O) groups excluding carboxylic acids is 2. The standard InChI is InChI=1S/C15H19ClN2O4/c1-3-22-10-18-13-7-6-11(16)9-12(13)15(20)17-8-4-5-14(19)21-2/h4-7,9,18H,3,8,10H2,1-2H3,(H,17,20)/b5-4+. The zero-order chi connectivity index (χ0) is 16.4. The van der Waals surface area contributed by atoms with E-state index < -0.39 is 5.97 Å². The van der Waals surface area contributed by atoms with Gasteiger partial charge in [-0.1, -0.05) is 17.7 Å². The SMILES string of the molecule is CCOCNc1ccc(Cl)cc1C(=O)NC/C=C/C(=O)OC. The van der Waals surface area contributed by atoms with Crippen molar-refractivity contribution in [2.24, 2.45) is 0 Å². The normalized spacial score (nSPS) is 10.5. The third-order valence-corrected chi connectivity index (χ3v) is 2.87. The molecule has 1 rings (SSSR count). The zero-order valence-electron chi connectivity index (χ0n) is 12.5. The van der Waals surface area contributed by atoms with Gasteiger partial charge in [-0.25, -0.2) is 4.79 Å². The highest BCUT2D eigenvalue weighted by atomic mass is 35.5. The average Bonchev–Trinajstić information content (AvgIpc) is 2.52. The third kappa shape index (κ3) is 6.15. The molecule has 0 spiro atoms. The van der Waals surface area contributed by atoms with Crippen LogP contribution in [0.25, 0.3) is 0 Å². The molecule has 1 amide bonds. The van der Waals surface area contributed by atoms with Crippen molar-refractivity contribution in [3.05, 3.63) is 40.9 Å². The number of anilines is 1. The van der Waals surface area contributed by atoms with E-state index in [2.05, 4.69) is 15.4 Å². The first-order chi connectivity index (χ1) is 10.6. The molecule has 0 unspecified atom stereocenters. The van der Waals surface area contributed by atoms with Crippen molar-refractivity contribution in [2.45, 2.75) is 6.92 Å². The molecule has 0 aliphatic heterocycles. The quantitative estimate of drug-likeness (QED) is 0.331. The van der Waals surface area contributed by atoms with E-state index in [1.807, 2.05) is 6.92 Å². The van der Waals surface area contributed by atoms with Crippen molar-refractivity contribution in [2.75, 3.05) is 32.3 Å². The predicted molar refractivity (Wildman–Crippen MR) is 85.1 cm³/mol. The number of benzene rings is 1. The van der Waals surface area contributed by atoms with E-state index >= 15 is 0 Å². The molecule has 0 saturated carbocycles. The van der Waals surface area contributed by atoms with Crippen LogP contribution in [-0.4, -0.2) is 38.9 Å². The molecule has 0 radical (unpaired) electrons. The van der Waals surface area contributed by atoms with Crippen LogP contribution >= 0.6 is 11.6 Å². The molecule has 120 valence electrons. The summed E-state index contributed by atoms with van der Waals surface area (Å²) in [6, 6.07) is 4.96. The summed E-state index contributed by atoms with van der Waals surface area (Å²) in [5, 5.41) is 6.13. The fourth-order valence-electron chi connectivity index (χ4n) is 1.56. The Labute approximate surface area is 134 Å². The summed E-state index contributed by atoms with van der Waals surface area (Å²) in [4.78, 5) is 23.1. The minimum atomic E-state index is -0.476. The van der Waals surface area contributed by atoms with Gasteiger partial charge >= 0.3 is 5.97 Å². The molecule has 0 aliphatic rings. The molecule has 7 heteroatoms. The summed E-state index contributed by atoms with van der Waals surface area (Å²) in [5.74, 6) is -0.785. The lowest BCUT2D eigenvalue weighted by Gasteiger charge is -2.12. The van der Waals surface area contributed by atoms with Crippen LogP contribution < -0.4 is 10.6 Å². The van der Waals surface area contributed by atoms with Gasteiger partial charge in [-0.3, -0.25) is 4.79 Å². The van der Waals surface area contributed by atoms with E-state index in [0.717, 1.165) is 0 Å². The monoisotopic (exact) mass is 326 g/mol. The van der Waals surface area contributed by atoms with Gasteiger partial charge < -0.3 is 20.1 Å². The molecule has 0 aliphatic carbocycles. The van der Waals surface area contributed by atoms with Crippen molar-refractivity contribution in [3.63, 3.8) is 0 Å². The van der Waals surface area contributed by atoms with Crippen molar-refractivity contribution in [1.29, 1.82) is 0 Å². The first kappa shape index (κ1) is 18.0. The summed E-state index contributed by atoms with van der Waals surface area (Å²) in [7, 11) is 1.29. The number of methoxy groups -OCH3 is 1. The largest absolute Gasteiger partial charge is 0.466 e. The lowest BCUT2D eigenvalue weighted by Crippen LogP contribution is -2.25. The molecule has 0 atom stereocenters. The second kappa shape index (κ2) is 9.81. The van der Waals surface area contributed by atoms with Crippen molar-refractivity contribution in [1.82, 2.24) is 5.32 Å². The molecule has 0 saturated heterocycles. The zero-order valence-corrected chi connectivity index (χ0v) is 13.3. The van der Waals surface area contributed by atoms with Gasteiger partial charge in [0.15, 0.2) is 0 Å². The van der Waals surface area contributed by atoms with E-state index in [4.69, 9.17) is 16.3 Å². The maximum atomic E-state index is 12.2. The lowest BCUT2D eigenvalue weighted by atomic mass is 10.1. The van der Waals surface area contributed by atoms with Gasteiger partial charge in [0, 0.05) is 29.9 Å². The number of hydrogen-bond donors (Lipinski definition) is 2. The van der Waals surface area contributed by atoms with Crippen LogP contribution in [0.15, 0.2) is 30.4 Å². The number of nitrogens with one attached hydrogen (secondary N) is 2. The Morgan fingerprint density at radius 1 is 1.36 bits per heavy atom. The minimum absolute atomic E-state index is 0.200. The number of ether oxygens (including phenoxy) is 2. The van der Waals surface area contributed by atoms with Crippen LogP contribution in [-0.2, 0) is 14.3 Å². The number of carbonyl (C=O) groups is 2. The first-order valence-electron chi connectivity index (χ1n) is 6.72. The maximum Gasteiger partial charge on any atom is 0.330 e. The Hall–Kier alpha value is -2.05. The first-order valence-corrected chi connectivity index (χ1v) is 7.10. The Morgan fingerprint density at radius 3 is 2.82 bits per heavy atom. The Balaban J connectivity index is 2.68. The second-order valence-corrected chi connectivity index (χ2v) is 4.58. The Morgan fingerprint density at radius 2 is 2.14 bits per heavy atom. The Bertz CT molecular complexity index is 546. The summed E-state index contributed by atoms with van der Waals surface area (Å²) >= 11 is 5.93. The van der Waals surface area contributed by atoms with Crippen molar-refractivity contribution >= 4 is 29.2 Å². The van der Waals surface area contributed by atoms with Gasteiger partial charge in [-0.15, -0.1) is 0 Å². The second-order valence-electron chi connectivity index (χ2n) is 4.14. The van der Waals surface area contributed by atoms with Crippen LogP contribution in [0.5, 0.6) is 0 Å². The predicted octanol–water partition coefficient (Wildman–Crippen LogP) is 2.20. The highest BCUT2D eigenvalue weighted by Crippen LogP contribution is 2.20. The molecule has 1 aromatic carbocycles. The highest BCUT2D eigenvalue weighted by molar-refractivity contribution is 6.31. The van der Waals surface area contributed by atoms with Gasteiger partial charge in [-0.05, 0) is 25.1 Å². The van der Waals surface area contributed by atoms with Crippen LogP contribution in [0, 0.1) is 0 Å². The van der Waals surface area contributed by atoms with Crippen LogP contribution in [0.2, 0.25) is 5.02 Å². The molecular formula is C15H19ClN2O4. The molecule has 0 fully saturated rings. The molecular weight excluding hydrogens is 308 g/mol. The number of amides is 1. The number of esters is 1. The van der Waals surface area contributed by atoms with Gasteiger partial charge in [0.05, 0.1) is 12.7 Å². The molecule has 0 heterocycles. The summed E-state index contributed by atoms with van der Waals surface area (Å²) in [6.07, 6.45) is 2.74. The van der Waals surface area contributed by atoms with Crippen molar-refractivity contribution < 1.29 is 19.1 Å². The van der Waals surface area contributed by atoms with Gasteiger partial charge in [0.25, 0.3) is 5.91 Å². The van der Waals surface area contributed by atoms with Gasteiger partial charge in [-0.2, -0.15) is 0 Å². The molecule has 0 bridgehead atoms. The topological polar surface area (TPSA) is 76.7 Å². The number of hydrogen-bond acceptors (Lipinski definition) is 5. The Kier molecular flexibility index (Phi) is 8.03. The summed E-state index contributed by atoms with van der Waals surface area (Å²) in [5.41, 5.74) is 1.02. The number of halogens is 1. The van der Waals surface area contributed by atoms with E-state index in [1.165, 1.54) is 19.3 Å². The minimum Gasteiger partial charge on any atom is -0.466 e. The molecule has 6 nitrogen and oxygen atoms in total. The van der Waals surface area contributed by atoms with Gasteiger partial charge in [0.2, 0.25) is 0 Å². The summed E-state index contributed by atoms with van der Waals surface area (Å²) < 4.78 is 9.65. The summed E-state index contributed by atoms with van der Waals surface area (Å²) in [6.45, 7) is 2.94. The fraction of sp³-hybridized carbons (Fsp3) is 0.333. The third-order valence-electron chi connectivity index (χ3n) is 2.63. The average molecular weight is 327 g/mol. The van der Waals surface area contributed by atoms with E-state index in [9.17, 15) is 9.59 Å². The van der Waals surface area contributed by atoms with Crippen molar-refractivity contribution in [3.8, 4) is 0 Å². The fourth-order valence-corrected chi connectivity index (χ4v) is 1.73. The van der Waals surface area contributed by atoms with Crippen LogP contribution in [0.1, 0.15) is 17.3 Å². The molecule has 1 aromatic rings. The van der Waals surface area contributed by atoms with Crippen LogP contribution in [0.4, 0.5) is 5.69 Å². The molecule has 22 heavy (non-hydrogen) atoms. The highest BCUT2D eigenvalue weighted by Gasteiger charge is 2.11. The maximum absolute atomic E-state index is 12.2. The lowest BCUT2D eigenvalue weighted by molar-refractivity contribution is -0.134. The molecule has 2 N–H and O–H groups in total. The van der Waals surface area contributed by atoms with Gasteiger partial charge in [0.1, 0.15) is 6.73 Å². The van der Waals surface area contributed by atoms with E-state index in [1.54, 1.807) is 18.2 Å². The van der Waals surface area contributed by atoms with E-state index in [-0.39, 0.29) is 12.5 Å².